The predicted molar refractivity (Wildman–Crippen MR) is 79.8 cm³/mol. The standard InChI is InChI=1S/C13H15BrN2O4/c1-3-5-6-15-13(18)9-7-8(4-2)11(16(19)20)10(14)12(9)17/h4,7,17H,2-3,5-6H2,1H3,(H,15,18). The smallest absolute Gasteiger partial charge is 0.294 e. The van der Waals surface area contributed by atoms with Gasteiger partial charge in [0.05, 0.1) is 16.1 Å². The van der Waals surface area contributed by atoms with E-state index in [2.05, 4.69) is 27.8 Å². The zero-order valence-corrected chi connectivity index (χ0v) is 12.6. The Morgan fingerprint density at radius 1 is 1.65 bits per heavy atom. The van der Waals surface area contributed by atoms with E-state index >= 15 is 0 Å². The summed E-state index contributed by atoms with van der Waals surface area (Å²) in [7, 11) is 0. The SMILES string of the molecule is C=Cc1cc(C(=O)NCCCC)c(O)c(Br)c1[N+](=O)[O-]. The second-order valence-corrected chi connectivity index (χ2v) is 4.89. The molecule has 0 heterocycles. The number of phenolic OH excluding ortho intramolecular Hbond substituents is 1. The van der Waals surface area contributed by atoms with E-state index in [4.69, 9.17) is 0 Å². The molecule has 0 aromatic heterocycles. The number of nitrogens with zero attached hydrogens (tertiary/aromatic N) is 1. The Morgan fingerprint density at radius 2 is 2.30 bits per heavy atom. The van der Waals surface area contributed by atoms with Crippen LogP contribution in [0.4, 0.5) is 5.69 Å². The molecule has 1 rings (SSSR count). The summed E-state index contributed by atoms with van der Waals surface area (Å²) in [5.74, 6) is -0.925. The lowest BCUT2D eigenvalue weighted by molar-refractivity contribution is -0.385. The molecule has 0 aliphatic rings. The lowest BCUT2D eigenvalue weighted by Gasteiger charge is -2.10. The van der Waals surface area contributed by atoms with Gasteiger partial charge in [-0.1, -0.05) is 26.0 Å². The molecule has 0 aliphatic carbocycles. The highest BCUT2D eigenvalue weighted by molar-refractivity contribution is 9.10. The van der Waals surface area contributed by atoms with Gasteiger partial charge in [0.15, 0.2) is 0 Å². The number of nitro groups is 1. The van der Waals surface area contributed by atoms with E-state index in [-0.39, 0.29) is 21.3 Å². The molecular formula is C13H15BrN2O4. The lowest BCUT2D eigenvalue weighted by Crippen LogP contribution is -2.24. The highest BCUT2D eigenvalue weighted by Crippen LogP contribution is 2.39. The predicted octanol–water partition coefficient (Wildman–Crippen LogP) is 3.24. The van der Waals surface area contributed by atoms with Crippen molar-refractivity contribution in [3.8, 4) is 5.75 Å². The normalized spacial score (nSPS) is 10.1. The van der Waals surface area contributed by atoms with Crippen LogP contribution in [0.2, 0.25) is 0 Å². The van der Waals surface area contributed by atoms with Crippen LogP contribution in [-0.4, -0.2) is 22.5 Å². The van der Waals surface area contributed by atoms with Crippen molar-refractivity contribution < 1.29 is 14.8 Å². The van der Waals surface area contributed by atoms with Crippen molar-refractivity contribution in [3.63, 3.8) is 0 Å². The molecule has 0 fully saturated rings. The first kappa shape index (κ1) is 16.2. The second kappa shape index (κ2) is 7.04. The quantitative estimate of drug-likeness (QED) is 0.471. The first-order valence-electron chi connectivity index (χ1n) is 6.04. The van der Waals surface area contributed by atoms with Gasteiger partial charge in [0, 0.05) is 6.54 Å². The molecule has 0 radical (unpaired) electrons. The topological polar surface area (TPSA) is 92.5 Å². The third-order valence-corrected chi connectivity index (χ3v) is 3.46. The molecule has 0 bridgehead atoms. The molecule has 108 valence electrons. The van der Waals surface area contributed by atoms with E-state index in [1.165, 1.54) is 12.1 Å². The van der Waals surface area contributed by atoms with Crippen LogP contribution in [0.25, 0.3) is 6.08 Å². The van der Waals surface area contributed by atoms with E-state index in [0.717, 1.165) is 12.8 Å². The number of benzene rings is 1. The number of hydrogen-bond donors (Lipinski definition) is 2. The minimum absolute atomic E-state index is 0.0199. The average Bonchev–Trinajstić information content (AvgIpc) is 2.41. The van der Waals surface area contributed by atoms with Crippen LogP contribution in [0.1, 0.15) is 35.7 Å². The maximum atomic E-state index is 11.9. The van der Waals surface area contributed by atoms with Crippen LogP contribution in [0.15, 0.2) is 17.1 Å². The summed E-state index contributed by atoms with van der Waals surface area (Å²) in [6.07, 6.45) is 3.01. The van der Waals surface area contributed by atoms with Crippen molar-refractivity contribution in [2.24, 2.45) is 0 Å². The fourth-order valence-electron chi connectivity index (χ4n) is 1.64. The molecule has 0 aliphatic heterocycles. The number of phenols is 1. The van der Waals surface area contributed by atoms with Gasteiger partial charge in [-0.3, -0.25) is 14.9 Å². The van der Waals surface area contributed by atoms with Gasteiger partial charge in [-0.25, -0.2) is 0 Å². The molecule has 6 nitrogen and oxygen atoms in total. The third-order valence-electron chi connectivity index (χ3n) is 2.71. The summed E-state index contributed by atoms with van der Waals surface area (Å²) in [6, 6.07) is 1.26. The Bertz CT molecular complexity index is 558. The van der Waals surface area contributed by atoms with E-state index in [1.54, 1.807) is 0 Å². The molecule has 0 spiro atoms. The highest BCUT2D eigenvalue weighted by Gasteiger charge is 2.25. The van der Waals surface area contributed by atoms with Crippen molar-refractivity contribution in [2.45, 2.75) is 19.8 Å². The average molecular weight is 343 g/mol. The number of nitro benzene ring substituents is 1. The van der Waals surface area contributed by atoms with Crippen molar-refractivity contribution in [2.75, 3.05) is 6.54 Å². The number of rotatable bonds is 6. The van der Waals surface area contributed by atoms with Gasteiger partial charge >= 0.3 is 0 Å². The number of halogens is 1. The number of carbonyl (C=O) groups is 1. The number of unbranched alkanes of at least 4 members (excludes halogenated alkanes) is 1. The summed E-state index contributed by atoms with van der Waals surface area (Å²) in [6.45, 7) is 5.95. The minimum Gasteiger partial charge on any atom is -0.506 e. The van der Waals surface area contributed by atoms with E-state index in [9.17, 15) is 20.0 Å². The zero-order valence-electron chi connectivity index (χ0n) is 11.0. The Labute approximate surface area is 124 Å². The third kappa shape index (κ3) is 3.36. The van der Waals surface area contributed by atoms with E-state index in [0.29, 0.717) is 6.54 Å². The van der Waals surface area contributed by atoms with Crippen LogP contribution in [0.5, 0.6) is 5.75 Å². The Morgan fingerprint density at radius 3 is 2.80 bits per heavy atom. The number of amides is 1. The maximum absolute atomic E-state index is 11.9. The van der Waals surface area contributed by atoms with Gasteiger partial charge in [-0.15, -0.1) is 0 Å². The van der Waals surface area contributed by atoms with Crippen molar-refractivity contribution >= 4 is 33.6 Å². The molecule has 1 aromatic carbocycles. The summed E-state index contributed by atoms with van der Waals surface area (Å²) in [5.41, 5.74) is -0.170. The number of hydrogen-bond acceptors (Lipinski definition) is 4. The summed E-state index contributed by atoms with van der Waals surface area (Å²) >= 11 is 2.95. The van der Waals surface area contributed by atoms with Crippen molar-refractivity contribution in [3.05, 3.63) is 38.4 Å². The lowest BCUT2D eigenvalue weighted by atomic mass is 10.1. The van der Waals surface area contributed by atoms with Crippen LogP contribution < -0.4 is 5.32 Å². The Balaban J connectivity index is 3.22. The van der Waals surface area contributed by atoms with Crippen LogP contribution in [0.3, 0.4) is 0 Å². The van der Waals surface area contributed by atoms with Gasteiger partial charge in [-0.2, -0.15) is 0 Å². The molecule has 20 heavy (non-hydrogen) atoms. The fourth-order valence-corrected chi connectivity index (χ4v) is 2.22. The Kier molecular flexibility index (Phi) is 5.69. The van der Waals surface area contributed by atoms with E-state index < -0.39 is 16.6 Å². The van der Waals surface area contributed by atoms with Gasteiger partial charge < -0.3 is 10.4 Å². The van der Waals surface area contributed by atoms with Crippen LogP contribution in [-0.2, 0) is 0 Å². The van der Waals surface area contributed by atoms with Gasteiger partial charge in [0.1, 0.15) is 10.2 Å². The molecule has 0 unspecified atom stereocenters. The van der Waals surface area contributed by atoms with Gasteiger partial charge in [-0.05, 0) is 28.4 Å². The summed E-state index contributed by atoms with van der Waals surface area (Å²) in [4.78, 5) is 22.3. The van der Waals surface area contributed by atoms with Gasteiger partial charge in [0.25, 0.3) is 11.6 Å². The van der Waals surface area contributed by atoms with Gasteiger partial charge in [0.2, 0.25) is 0 Å². The van der Waals surface area contributed by atoms with Crippen molar-refractivity contribution in [1.82, 2.24) is 5.32 Å². The molecular weight excluding hydrogens is 328 g/mol. The molecule has 1 aromatic rings. The minimum atomic E-state index is -0.639. The fraction of sp³-hybridized carbons (Fsp3) is 0.308. The monoisotopic (exact) mass is 342 g/mol. The second-order valence-electron chi connectivity index (χ2n) is 4.10. The van der Waals surface area contributed by atoms with Crippen molar-refractivity contribution in [1.29, 1.82) is 0 Å². The van der Waals surface area contributed by atoms with Crippen LogP contribution >= 0.6 is 15.9 Å². The molecule has 0 saturated heterocycles. The Hall–Kier alpha value is -1.89. The number of aromatic hydroxyl groups is 1. The number of nitrogens with one attached hydrogen (secondary N) is 1. The molecule has 0 saturated carbocycles. The molecule has 1 amide bonds. The highest BCUT2D eigenvalue weighted by atomic mass is 79.9. The zero-order chi connectivity index (χ0) is 15.3. The largest absolute Gasteiger partial charge is 0.506 e. The first-order valence-corrected chi connectivity index (χ1v) is 6.83. The van der Waals surface area contributed by atoms with E-state index in [1.807, 2.05) is 6.92 Å². The molecule has 0 atom stereocenters. The summed E-state index contributed by atoms with van der Waals surface area (Å²) in [5, 5.41) is 23.5. The molecule has 7 heteroatoms. The number of carbonyl (C=O) groups excluding carboxylic acids is 1. The molecule has 2 N–H and O–H groups in total. The van der Waals surface area contributed by atoms with Crippen LogP contribution in [0, 0.1) is 10.1 Å². The first-order chi connectivity index (χ1) is 9.43. The maximum Gasteiger partial charge on any atom is 0.294 e. The summed E-state index contributed by atoms with van der Waals surface area (Å²) < 4.78 is -0.124.